The fourth-order valence-electron chi connectivity index (χ4n) is 9.71. The molecule has 2 aliphatic heterocycles. The van der Waals surface area contributed by atoms with Gasteiger partial charge in [-0.15, -0.1) is 0 Å². The van der Waals surface area contributed by atoms with Crippen LogP contribution < -0.4 is 32.2 Å². The maximum absolute atomic E-state index is 13.0. The molecule has 5 heterocycles. The van der Waals surface area contributed by atoms with Crippen molar-refractivity contribution < 1.29 is 47.6 Å². The van der Waals surface area contributed by atoms with Crippen LogP contribution in [0.3, 0.4) is 0 Å². The van der Waals surface area contributed by atoms with Gasteiger partial charge in [-0.1, -0.05) is 92.4 Å². The van der Waals surface area contributed by atoms with Crippen LogP contribution in [0.2, 0.25) is 0 Å². The number of benzene rings is 4. The summed E-state index contributed by atoms with van der Waals surface area (Å²) in [5.41, 5.74) is 16.2. The van der Waals surface area contributed by atoms with Gasteiger partial charge < -0.3 is 49.7 Å². The standard InChI is InChI=1S/C30H32N4O5.C29H34N4O4.C3Cl6O3.CH4/c1-30(2,3)39-29(37)34-15-9-12-20(17-34)22-16-23(31-26-25(22)27(35)33-28(36)32-26)21-13-7-8-14-24(21)38-18-19-10-5-4-6-11-19;1-29(2,3)37-28(35)33-15-9-12-20(17-33)22-16-23(32-26(30)25(22)27(31)34)21-13-7-8-14-24(21)36-18-19-10-5-4-6-11-19;4-2(5,6)11-1(10)12-3(7,8)9;/h4-8,10-11,13-14,16,20H,9,12,15,17-18H2,1-3H3,(H2,31,32,33,35,36);4-8,10-11,13-14,16,20H,9,12,15,17-18H2,1-3H3,(H2,30,32)(H2,31,34);;1H4. The van der Waals surface area contributed by atoms with Crippen molar-refractivity contribution in [3.05, 3.63) is 170 Å². The number of anilines is 1. The van der Waals surface area contributed by atoms with Crippen molar-refractivity contribution in [3.8, 4) is 34.0 Å². The van der Waals surface area contributed by atoms with E-state index in [1.807, 2.05) is 163 Å². The highest BCUT2D eigenvalue weighted by atomic mass is 35.6. The van der Waals surface area contributed by atoms with E-state index >= 15 is 0 Å². The summed E-state index contributed by atoms with van der Waals surface area (Å²) in [6.07, 6.45) is 0.886. The molecule has 3 aromatic heterocycles. The van der Waals surface area contributed by atoms with Gasteiger partial charge in [0.05, 0.1) is 22.3 Å². The van der Waals surface area contributed by atoms with Gasteiger partial charge >= 0.3 is 32.0 Å². The third kappa shape index (κ3) is 21.4. The molecule has 0 radical (unpaired) electrons. The molecule has 6 N–H and O–H groups in total. The molecule has 0 bridgehead atoms. The molecule has 2 aliphatic rings. The van der Waals surface area contributed by atoms with Gasteiger partial charge in [0.1, 0.15) is 47.4 Å². The van der Waals surface area contributed by atoms with E-state index in [9.17, 15) is 28.8 Å². The summed E-state index contributed by atoms with van der Waals surface area (Å²) < 4.78 is 27.0. The molecule has 20 nitrogen and oxygen atoms in total. The van der Waals surface area contributed by atoms with Crippen molar-refractivity contribution >= 4 is 111 Å². The number of piperidine rings is 2. The molecule has 89 heavy (non-hydrogen) atoms. The summed E-state index contributed by atoms with van der Waals surface area (Å²) >= 11 is 30.2. The summed E-state index contributed by atoms with van der Waals surface area (Å²) in [4.78, 5) is 91.3. The highest BCUT2D eigenvalue weighted by Gasteiger charge is 2.35. The second-order valence-corrected chi connectivity index (χ2v) is 26.7. The van der Waals surface area contributed by atoms with Crippen molar-refractivity contribution in [2.45, 2.75) is 119 Å². The summed E-state index contributed by atoms with van der Waals surface area (Å²) in [7, 11) is 0. The van der Waals surface area contributed by atoms with Gasteiger partial charge in [-0.2, -0.15) is 0 Å². The maximum Gasteiger partial charge on any atom is 0.515 e. The molecule has 2 atom stereocenters. The number of likely N-dealkylation sites (tertiary alicyclic amines) is 2. The van der Waals surface area contributed by atoms with E-state index in [1.165, 1.54) is 0 Å². The number of nitrogens with zero attached hydrogens (tertiary/aromatic N) is 4. The van der Waals surface area contributed by atoms with Crippen molar-refractivity contribution in [2.75, 3.05) is 31.9 Å². The predicted molar refractivity (Wildman–Crippen MR) is 347 cm³/mol. The highest BCUT2D eigenvalue weighted by Crippen LogP contribution is 2.39. The number of rotatable bonds is 11. The van der Waals surface area contributed by atoms with Crippen LogP contribution in [0.1, 0.15) is 119 Å². The van der Waals surface area contributed by atoms with Gasteiger partial charge in [-0.3, -0.25) is 19.6 Å². The number of aromatic amines is 2. The van der Waals surface area contributed by atoms with Crippen LogP contribution in [-0.2, 0) is 32.2 Å². The first kappa shape index (κ1) is 70.6. The Balaban J connectivity index is 0.000000238. The molecule has 2 unspecified atom stereocenters. The molecular formula is C63H70Cl6N8O12. The number of halogens is 6. The Hall–Kier alpha value is -7.46. The molecule has 0 saturated carbocycles. The fourth-order valence-corrected chi connectivity index (χ4v) is 10.1. The smallest absolute Gasteiger partial charge is 0.488 e. The van der Waals surface area contributed by atoms with Gasteiger partial charge in [-0.05, 0) is 195 Å². The number of nitrogens with one attached hydrogen (secondary N) is 2. The number of fused-ring (bicyclic) bond motifs is 1. The topological polar surface area (TPSA) is 274 Å². The van der Waals surface area contributed by atoms with Gasteiger partial charge in [0.25, 0.3) is 11.5 Å². The van der Waals surface area contributed by atoms with Crippen molar-refractivity contribution in [3.63, 3.8) is 0 Å². The van der Waals surface area contributed by atoms with Crippen LogP contribution in [0.5, 0.6) is 11.5 Å². The zero-order chi connectivity index (χ0) is 64.1. The zero-order valence-corrected chi connectivity index (χ0v) is 53.4. The number of amides is 3. The number of hydrogen-bond acceptors (Lipinski definition) is 15. The van der Waals surface area contributed by atoms with E-state index in [0.29, 0.717) is 73.2 Å². The molecule has 9 rings (SSSR count). The number of nitrogens with two attached hydrogens (primary N) is 2. The Labute approximate surface area is 545 Å². The highest BCUT2D eigenvalue weighted by molar-refractivity contribution is 6.67. The van der Waals surface area contributed by atoms with Crippen LogP contribution in [0, 0.1) is 0 Å². The van der Waals surface area contributed by atoms with Crippen molar-refractivity contribution in [1.29, 1.82) is 0 Å². The molecule has 26 heteroatoms. The van der Waals surface area contributed by atoms with E-state index in [1.54, 1.807) is 9.80 Å². The SMILES string of the molecule is C.CC(C)(C)OC(=O)N1CCCC(c2cc(-c3ccccc3OCc3ccccc3)nc(N)c2C(N)=O)C1.CC(C)(C)OC(=O)N1CCCC(c2cc(-c3ccccc3OCc3ccccc3)nc3[nH]c(=O)[nH]c(=O)c23)C1.O=C(OC(Cl)(Cl)Cl)OC(Cl)(Cl)Cl. The van der Waals surface area contributed by atoms with Crippen molar-refractivity contribution in [1.82, 2.24) is 29.7 Å². The average Bonchev–Trinajstić information content (AvgIpc) is 1.58. The first-order valence-electron chi connectivity index (χ1n) is 27.7. The number of carbonyl (C=O) groups excluding carboxylic acids is 4. The Morgan fingerprint density at radius 2 is 1.00 bits per heavy atom. The lowest BCUT2D eigenvalue weighted by molar-refractivity contribution is 0.0188. The lowest BCUT2D eigenvalue weighted by Gasteiger charge is -2.35. The van der Waals surface area contributed by atoms with E-state index in [-0.39, 0.29) is 48.5 Å². The van der Waals surface area contributed by atoms with Crippen LogP contribution in [0.15, 0.2) is 131 Å². The quantitative estimate of drug-likeness (QED) is 0.0532. The number of H-pyrrole nitrogens is 2. The molecule has 3 amide bonds. The van der Waals surface area contributed by atoms with Crippen molar-refractivity contribution in [2.24, 2.45) is 5.73 Å². The van der Waals surface area contributed by atoms with Crippen LogP contribution >= 0.6 is 69.6 Å². The normalized spacial score (nSPS) is 15.1. The van der Waals surface area contributed by atoms with Gasteiger partial charge in [0.15, 0.2) is 0 Å². The summed E-state index contributed by atoms with van der Waals surface area (Å²) in [5, 5.41) is 0.317. The first-order chi connectivity index (χ1) is 41.4. The zero-order valence-electron chi connectivity index (χ0n) is 48.9. The minimum atomic E-state index is -2.24. The van der Waals surface area contributed by atoms with E-state index < -0.39 is 42.5 Å². The Morgan fingerprint density at radius 1 is 0.584 bits per heavy atom. The number of para-hydroxylation sites is 2. The number of primary amides is 1. The molecular weight excluding hydrogens is 1270 g/mol. The average molecular weight is 1340 g/mol. The van der Waals surface area contributed by atoms with E-state index in [4.69, 9.17) is 100 Å². The number of aromatic nitrogens is 4. The maximum atomic E-state index is 13.0. The molecule has 0 aliphatic carbocycles. The molecule has 0 spiro atoms. The predicted octanol–water partition coefficient (Wildman–Crippen LogP) is 14.5. The molecule has 2 fully saturated rings. The third-order valence-electron chi connectivity index (χ3n) is 13.3. The largest absolute Gasteiger partial charge is 0.515 e. The van der Waals surface area contributed by atoms with Gasteiger partial charge in [-0.25, -0.2) is 29.1 Å². The Bertz CT molecular complexity index is 3680. The number of pyridine rings is 2. The number of nitrogen functional groups attached to an aromatic ring is 1. The monoisotopic (exact) mass is 1340 g/mol. The second kappa shape index (κ2) is 30.8. The van der Waals surface area contributed by atoms with E-state index in [0.717, 1.165) is 53.5 Å². The number of ether oxygens (including phenoxy) is 6. The lowest BCUT2D eigenvalue weighted by atomic mass is 9.86. The molecule has 7 aromatic rings. The summed E-state index contributed by atoms with van der Waals surface area (Å²) in [6, 6.07) is 38.6. The Kier molecular flexibility index (Phi) is 24.5. The second-order valence-electron chi connectivity index (χ2n) is 22.4. The number of carbonyl (C=O) groups is 4. The number of alkyl halides is 6. The van der Waals surface area contributed by atoms with E-state index in [2.05, 4.69) is 29.4 Å². The summed E-state index contributed by atoms with van der Waals surface area (Å²) in [6.45, 7) is 13.7. The van der Waals surface area contributed by atoms with Gasteiger partial charge in [0, 0.05) is 49.1 Å². The fraction of sp³-hybridized carbons (Fsp3) is 0.365. The lowest BCUT2D eigenvalue weighted by Crippen LogP contribution is -2.42. The third-order valence-corrected chi connectivity index (χ3v) is 13.7. The molecule has 2 saturated heterocycles. The molecule has 4 aromatic carbocycles. The first-order valence-corrected chi connectivity index (χ1v) is 30.0. The van der Waals surface area contributed by atoms with Crippen LogP contribution in [0.4, 0.5) is 20.2 Å². The minimum Gasteiger partial charge on any atom is -0.488 e. The minimum absolute atomic E-state index is 0. The van der Waals surface area contributed by atoms with Crippen LogP contribution in [-0.4, -0.2) is 99.3 Å². The Morgan fingerprint density at radius 3 is 1.44 bits per heavy atom. The summed E-state index contributed by atoms with van der Waals surface area (Å²) in [5.74, 6) is 0.396. The molecule has 476 valence electrons. The number of hydrogen-bond donors (Lipinski definition) is 4. The van der Waals surface area contributed by atoms with Crippen LogP contribution in [0.25, 0.3) is 33.5 Å². The van der Waals surface area contributed by atoms with Gasteiger partial charge in [0.2, 0.25) is 0 Å².